The average molecular weight is 491 g/mol. The van der Waals surface area contributed by atoms with Crippen LogP contribution in [0, 0.1) is 5.41 Å². The number of imidazole rings is 1. The van der Waals surface area contributed by atoms with Crippen LogP contribution < -0.4 is 15.8 Å². The van der Waals surface area contributed by atoms with Crippen molar-refractivity contribution in [2.45, 2.75) is 79.7 Å². The van der Waals surface area contributed by atoms with Crippen molar-refractivity contribution < 1.29 is 9.53 Å². The summed E-state index contributed by atoms with van der Waals surface area (Å²) in [5.41, 5.74) is 11.1. The average Bonchev–Trinajstić information content (AvgIpc) is 3.08. The van der Waals surface area contributed by atoms with Gasteiger partial charge in [0.1, 0.15) is 17.2 Å². The van der Waals surface area contributed by atoms with Gasteiger partial charge in [0.05, 0.1) is 12.8 Å². The Morgan fingerprint density at radius 3 is 2.28 bits per heavy atom. The number of fused-ring (bicyclic) bond motifs is 1. The smallest absolute Gasteiger partial charge is 0.162 e. The quantitative estimate of drug-likeness (QED) is 0.320. The number of Topliss-reactive ketones (excluding diaryl/α,β-unsaturated/α-hetero) is 1. The Morgan fingerprint density at radius 1 is 1.06 bits per heavy atom. The molecule has 2 aromatic heterocycles. The number of rotatable bonds is 10. The molecule has 0 aliphatic rings. The number of aromatic nitrogens is 2. The van der Waals surface area contributed by atoms with Crippen molar-refractivity contribution in [2.75, 3.05) is 12.4 Å². The predicted molar refractivity (Wildman–Crippen MR) is 149 cm³/mol. The number of aryl methyl sites for hydroxylation is 2. The van der Waals surface area contributed by atoms with Crippen LogP contribution in [0.5, 0.6) is 5.75 Å². The van der Waals surface area contributed by atoms with E-state index < -0.39 is 0 Å². The van der Waals surface area contributed by atoms with Crippen molar-refractivity contribution in [1.29, 1.82) is 0 Å². The Balaban J connectivity index is 1.96. The van der Waals surface area contributed by atoms with Crippen LogP contribution in [-0.2, 0) is 17.6 Å². The van der Waals surface area contributed by atoms with E-state index in [2.05, 4.69) is 56.5 Å². The number of nitrogens with zero attached hydrogens (tertiary/aromatic N) is 2. The molecule has 1 aromatic carbocycles. The van der Waals surface area contributed by atoms with Gasteiger partial charge in [0.15, 0.2) is 5.78 Å². The monoisotopic (exact) mass is 490 g/mol. The second-order valence-corrected chi connectivity index (χ2v) is 11.6. The molecule has 0 fully saturated rings. The predicted octanol–water partition coefficient (Wildman–Crippen LogP) is 6.42. The third-order valence-electron chi connectivity index (χ3n) is 6.20. The molecule has 2 heterocycles. The fourth-order valence-electron chi connectivity index (χ4n) is 5.21. The van der Waals surface area contributed by atoms with Crippen LogP contribution in [0.3, 0.4) is 0 Å². The van der Waals surface area contributed by atoms with E-state index in [9.17, 15) is 4.79 Å². The Kier molecular flexibility index (Phi) is 8.17. The van der Waals surface area contributed by atoms with Crippen LogP contribution in [0.4, 0.5) is 5.82 Å². The third kappa shape index (κ3) is 6.90. The summed E-state index contributed by atoms with van der Waals surface area (Å²) in [6, 6.07) is 12.1. The lowest BCUT2D eigenvalue weighted by molar-refractivity contribution is -0.111. The molecule has 0 aliphatic carbocycles. The van der Waals surface area contributed by atoms with Crippen molar-refractivity contribution in [3.63, 3.8) is 0 Å². The lowest BCUT2D eigenvalue weighted by atomic mass is 9.82. The molecule has 0 unspecified atom stereocenters. The summed E-state index contributed by atoms with van der Waals surface area (Å²) < 4.78 is 7.37. The van der Waals surface area contributed by atoms with Gasteiger partial charge in [-0.25, -0.2) is 4.98 Å². The van der Waals surface area contributed by atoms with Crippen molar-refractivity contribution in [3.8, 4) is 5.75 Å². The summed E-state index contributed by atoms with van der Waals surface area (Å²) >= 11 is 0. The third-order valence-corrected chi connectivity index (χ3v) is 6.20. The normalized spacial score (nSPS) is 13.0. The van der Waals surface area contributed by atoms with E-state index >= 15 is 0 Å². The second-order valence-electron chi connectivity index (χ2n) is 11.6. The minimum Gasteiger partial charge on any atom is -0.497 e. The SMILES string of the molecule is COc1ccc(CCCc2nc3cc(C(C(C)=O)=C(C)N)ccn3c2NC(C)(C)CC(C)(C)C)cc1. The Bertz CT molecular complexity index is 1240. The highest BCUT2D eigenvalue weighted by Gasteiger charge is 2.28. The second kappa shape index (κ2) is 10.8. The lowest BCUT2D eigenvalue weighted by Gasteiger charge is -2.34. The van der Waals surface area contributed by atoms with E-state index in [-0.39, 0.29) is 16.7 Å². The van der Waals surface area contributed by atoms with Gasteiger partial charge >= 0.3 is 0 Å². The van der Waals surface area contributed by atoms with E-state index in [1.807, 2.05) is 30.5 Å². The fraction of sp³-hybridized carbons (Fsp3) is 0.467. The van der Waals surface area contributed by atoms with Crippen LogP contribution in [-0.4, -0.2) is 27.8 Å². The van der Waals surface area contributed by atoms with Crippen LogP contribution in [0.15, 0.2) is 48.3 Å². The number of nitrogens with one attached hydrogen (secondary N) is 1. The number of pyridine rings is 1. The van der Waals surface area contributed by atoms with Crippen molar-refractivity contribution in [1.82, 2.24) is 9.38 Å². The van der Waals surface area contributed by atoms with Gasteiger partial charge in [-0.3, -0.25) is 9.20 Å². The van der Waals surface area contributed by atoms with Crippen molar-refractivity contribution in [3.05, 3.63) is 65.1 Å². The van der Waals surface area contributed by atoms with E-state index in [4.69, 9.17) is 15.5 Å². The number of allylic oxidation sites excluding steroid dienone is 2. The lowest BCUT2D eigenvalue weighted by Crippen LogP contribution is -2.36. The number of hydrogen-bond acceptors (Lipinski definition) is 5. The van der Waals surface area contributed by atoms with Gasteiger partial charge in [-0.15, -0.1) is 0 Å². The zero-order chi connectivity index (χ0) is 26.7. The van der Waals surface area contributed by atoms with Crippen LogP contribution >= 0.6 is 0 Å². The molecule has 6 heteroatoms. The molecule has 0 atom stereocenters. The maximum absolute atomic E-state index is 12.2. The molecule has 0 amide bonds. The molecule has 0 bridgehead atoms. The highest BCUT2D eigenvalue weighted by atomic mass is 16.5. The van der Waals surface area contributed by atoms with E-state index in [1.54, 1.807) is 21.0 Å². The van der Waals surface area contributed by atoms with Gasteiger partial charge in [-0.1, -0.05) is 32.9 Å². The van der Waals surface area contributed by atoms with Gasteiger partial charge < -0.3 is 15.8 Å². The molecule has 36 heavy (non-hydrogen) atoms. The molecular formula is C30H42N4O2. The van der Waals surface area contributed by atoms with E-state index in [0.29, 0.717) is 11.3 Å². The molecule has 3 rings (SSSR count). The molecule has 0 saturated carbocycles. The first-order valence-corrected chi connectivity index (χ1v) is 12.7. The van der Waals surface area contributed by atoms with Gasteiger partial charge in [0, 0.05) is 23.0 Å². The summed E-state index contributed by atoms with van der Waals surface area (Å²) in [5, 5.41) is 3.80. The first-order valence-electron chi connectivity index (χ1n) is 12.7. The summed E-state index contributed by atoms with van der Waals surface area (Å²) in [5.74, 6) is 1.84. The van der Waals surface area contributed by atoms with Crippen LogP contribution in [0.1, 0.15) is 78.1 Å². The number of carbonyl (C=O) groups is 1. The number of anilines is 1. The molecule has 194 valence electrons. The summed E-state index contributed by atoms with van der Waals surface area (Å²) in [6.07, 6.45) is 5.75. The fourth-order valence-corrected chi connectivity index (χ4v) is 5.21. The van der Waals surface area contributed by atoms with Crippen molar-refractivity contribution in [2.24, 2.45) is 11.1 Å². The molecular weight excluding hydrogens is 448 g/mol. The zero-order valence-electron chi connectivity index (χ0n) is 23.2. The molecule has 3 N–H and O–H groups in total. The van der Waals surface area contributed by atoms with Gasteiger partial charge in [-0.2, -0.15) is 0 Å². The molecule has 0 saturated heterocycles. The standard InChI is InChI=1S/C30H42N4O2/c1-20(31)27(21(2)35)23-16-17-34-26(18-23)32-25(28(34)33-30(6,7)19-29(3,4)5)11-9-10-22-12-14-24(36-8)15-13-22/h12-18,33H,9-11,19,31H2,1-8H3. The maximum atomic E-state index is 12.2. The topological polar surface area (TPSA) is 81.6 Å². The van der Waals surface area contributed by atoms with E-state index in [0.717, 1.165) is 54.2 Å². The van der Waals surface area contributed by atoms with Gasteiger partial charge in [0.25, 0.3) is 0 Å². The number of methoxy groups -OCH3 is 1. The molecule has 0 radical (unpaired) electrons. The summed E-state index contributed by atoms with van der Waals surface area (Å²) in [4.78, 5) is 17.3. The zero-order valence-corrected chi connectivity index (χ0v) is 23.2. The highest BCUT2D eigenvalue weighted by molar-refractivity contribution is 6.20. The summed E-state index contributed by atoms with van der Waals surface area (Å²) in [7, 11) is 1.68. The van der Waals surface area contributed by atoms with Crippen LogP contribution in [0.2, 0.25) is 0 Å². The molecule has 6 nitrogen and oxygen atoms in total. The van der Waals surface area contributed by atoms with Gasteiger partial charge in [-0.05, 0) is 94.2 Å². The summed E-state index contributed by atoms with van der Waals surface area (Å²) in [6.45, 7) is 14.6. The first kappa shape index (κ1) is 27.3. The molecule has 0 spiro atoms. The number of ether oxygens (including phenoxy) is 1. The molecule has 0 aliphatic heterocycles. The Labute approximate surface area is 216 Å². The van der Waals surface area contributed by atoms with Crippen molar-refractivity contribution >= 4 is 22.8 Å². The minimum atomic E-state index is -0.129. The number of ketones is 1. The largest absolute Gasteiger partial charge is 0.497 e. The van der Waals surface area contributed by atoms with Gasteiger partial charge in [0.2, 0.25) is 0 Å². The number of benzene rings is 1. The Morgan fingerprint density at radius 2 is 1.72 bits per heavy atom. The number of carbonyl (C=O) groups excluding carboxylic acids is 1. The number of nitrogens with two attached hydrogens (primary N) is 1. The molecule has 3 aromatic rings. The highest BCUT2D eigenvalue weighted by Crippen LogP contribution is 2.32. The number of hydrogen-bond donors (Lipinski definition) is 2. The Hall–Kier alpha value is -3.28. The first-order chi connectivity index (χ1) is 16.8. The van der Waals surface area contributed by atoms with Crippen LogP contribution in [0.25, 0.3) is 11.2 Å². The van der Waals surface area contributed by atoms with E-state index in [1.165, 1.54) is 5.56 Å². The maximum Gasteiger partial charge on any atom is 0.162 e. The minimum absolute atomic E-state index is 0.0460.